The van der Waals surface area contributed by atoms with Gasteiger partial charge in [0.2, 0.25) is 0 Å². The van der Waals surface area contributed by atoms with Gasteiger partial charge in [-0.05, 0) is 54.8 Å². The quantitative estimate of drug-likeness (QED) is 0.427. The molecule has 0 saturated carbocycles. The van der Waals surface area contributed by atoms with Gasteiger partial charge in [-0.1, -0.05) is 12.1 Å². The Hall–Kier alpha value is -4.23. The molecule has 10 heteroatoms. The number of hydrogen-bond donors (Lipinski definition) is 1. The number of nitriles is 1. The minimum atomic E-state index is -1.66. The lowest BCUT2D eigenvalue weighted by Crippen LogP contribution is -2.33. The van der Waals surface area contributed by atoms with Crippen molar-refractivity contribution >= 4 is 0 Å². The zero-order chi connectivity index (χ0) is 25.3. The minimum absolute atomic E-state index is 0.122. The fourth-order valence-corrected chi connectivity index (χ4v) is 3.94. The standard InChI is InChI=1S/C25H20F3N5O2/c1-14-5-16(3-4-22(14)32-11-15(2)30-13-32)6-18-7-19(10-29)31-33(25(18)35)23(12-34)17-8-20(26)24(28)21(27)9-17/h3-5,7-9,11,13,23,34H,6,12H2,1-2H3/t23-/m0/s1. The van der Waals surface area contributed by atoms with E-state index in [2.05, 4.69) is 10.1 Å². The molecule has 0 saturated heterocycles. The smallest absolute Gasteiger partial charge is 0.271 e. The molecule has 0 unspecified atom stereocenters. The lowest BCUT2D eigenvalue weighted by Gasteiger charge is -2.18. The summed E-state index contributed by atoms with van der Waals surface area (Å²) in [6.45, 7) is 3.04. The van der Waals surface area contributed by atoms with Crippen molar-refractivity contribution in [2.24, 2.45) is 0 Å². The van der Waals surface area contributed by atoms with Crippen LogP contribution in [0.5, 0.6) is 0 Å². The molecule has 1 N–H and O–H groups in total. The summed E-state index contributed by atoms with van der Waals surface area (Å²) >= 11 is 0. The van der Waals surface area contributed by atoms with Gasteiger partial charge in [0, 0.05) is 23.9 Å². The first-order chi connectivity index (χ1) is 16.7. The topological polar surface area (TPSA) is 96.7 Å². The van der Waals surface area contributed by atoms with Gasteiger partial charge in [0.25, 0.3) is 5.56 Å². The van der Waals surface area contributed by atoms with Gasteiger partial charge in [-0.3, -0.25) is 4.79 Å². The van der Waals surface area contributed by atoms with Crippen LogP contribution in [0.4, 0.5) is 13.2 Å². The van der Waals surface area contributed by atoms with Gasteiger partial charge in [0.15, 0.2) is 23.1 Å². The molecule has 2 aromatic heterocycles. The highest BCUT2D eigenvalue weighted by molar-refractivity contribution is 5.44. The van der Waals surface area contributed by atoms with Crippen LogP contribution >= 0.6 is 0 Å². The summed E-state index contributed by atoms with van der Waals surface area (Å²) in [7, 11) is 0. The van der Waals surface area contributed by atoms with Gasteiger partial charge in [-0.2, -0.15) is 10.4 Å². The van der Waals surface area contributed by atoms with Crippen LogP contribution in [-0.2, 0) is 6.42 Å². The molecule has 0 aliphatic heterocycles. The molecule has 35 heavy (non-hydrogen) atoms. The van der Waals surface area contributed by atoms with Gasteiger partial charge in [0.1, 0.15) is 12.1 Å². The first-order valence-corrected chi connectivity index (χ1v) is 10.6. The molecule has 4 rings (SSSR count). The maximum Gasteiger partial charge on any atom is 0.271 e. The van der Waals surface area contributed by atoms with Crippen LogP contribution in [0.25, 0.3) is 5.69 Å². The van der Waals surface area contributed by atoms with E-state index < -0.39 is 35.7 Å². The Morgan fingerprint density at radius 3 is 2.40 bits per heavy atom. The molecule has 0 bridgehead atoms. The number of rotatable bonds is 6. The van der Waals surface area contributed by atoms with Crippen LogP contribution in [0.2, 0.25) is 0 Å². The Morgan fingerprint density at radius 1 is 1.11 bits per heavy atom. The minimum Gasteiger partial charge on any atom is -0.394 e. The maximum absolute atomic E-state index is 13.8. The monoisotopic (exact) mass is 479 g/mol. The van der Waals surface area contributed by atoms with E-state index >= 15 is 0 Å². The van der Waals surface area contributed by atoms with Crippen molar-refractivity contribution in [2.45, 2.75) is 26.3 Å². The second kappa shape index (κ2) is 9.56. The molecule has 2 heterocycles. The molecule has 178 valence electrons. The van der Waals surface area contributed by atoms with Crippen LogP contribution in [0, 0.1) is 42.6 Å². The molecule has 0 spiro atoms. The molecular weight excluding hydrogens is 459 g/mol. The molecule has 0 aliphatic rings. The van der Waals surface area contributed by atoms with E-state index in [0.717, 1.165) is 27.2 Å². The molecule has 0 aliphatic carbocycles. The number of aliphatic hydroxyl groups excluding tert-OH is 1. The Balaban J connectivity index is 1.74. The number of benzene rings is 2. The van der Waals surface area contributed by atoms with E-state index in [4.69, 9.17) is 0 Å². The zero-order valence-electron chi connectivity index (χ0n) is 18.8. The van der Waals surface area contributed by atoms with Crippen molar-refractivity contribution in [1.82, 2.24) is 19.3 Å². The largest absolute Gasteiger partial charge is 0.394 e. The molecule has 0 radical (unpaired) electrons. The second-order valence-electron chi connectivity index (χ2n) is 8.13. The Bertz CT molecular complexity index is 1500. The van der Waals surface area contributed by atoms with Crippen LogP contribution in [0.3, 0.4) is 0 Å². The third-order valence-corrected chi connectivity index (χ3v) is 5.63. The first kappa shape index (κ1) is 23.9. The van der Waals surface area contributed by atoms with E-state index in [0.29, 0.717) is 12.1 Å². The summed E-state index contributed by atoms with van der Waals surface area (Å²) in [6.07, 6.45) is 3.73. The second-order valence-corrected chi connectivity index (χ2v) is 8.13. The van der Waals surface area contributed by atoms with Crippen LogP contribution in [0.15, 0.2) is 53.7 Å². The average molecular weight is 479 g/mol. The summed E-state index contributed by atoms with van der Waals surface area (Å²) in [5.41, 5.74) is 2.72. The van der Waals surface area contributed by atoms with Crippen molar-refractivity contribution in [1.29, 1.82) is 5.26 Å². The predicted molar refractivity (Wildman–Crippen MR) is 121 cm³/mol. The fraction of sp³-hybridized carbons (Fsp3) is 0.200. The molecule has 4 aromatic rings. The average Bonchev–Trinajstić information content (AvgIpc) is 3.26. The first-order valence-electron chi connectivity index (χ1n) is 10.6. The Morgan fingerprint density at radius 2 is 1.83 bits per heavy atom. The molecule has 2 aromatic carbocycles. The molecule has 0 fully saturated rings. The van der Waals surface area contributed by atoms with Gasteiger partial charge >= 0.3 is 0 Å². The summed E-state index contributed by atoms with van der Waals surface area (Å²) in [5.74, 6) is -4.60. The molecule has 0 amide bonds. The Labute approximate surface area is 198 Å². The highest BCUT2D eigenvalue weighted by Gasteiger charge is 2.22. The third-order valence-electron chi connectivity index (χ3n) is 5.63. The van der Waals surface area contributed by atoms with Crippen LogP contribution in [0.1, 0.15) is 39.7 Å². The van der Waals surface area contributed by atoms with E-state index in [1.54, 1.807) is 6.33 Å². The number of aryl methyl sites for hydroxylation is 2. The van der Waals surface area contributed by atoms with Crippen molar-refractivity contribution in [3.8, 4) is 11.8 Å². The van der Waals surface area contributed by atoms with Crippen LogP contribution < -0.4 is 5.56 Å². The van der Waals surface area contributed by atoms with E-state index in [1.807, 2.05) is 48.9 Å². The molecule has 7 nitrogen and oxygen atoms in total. The lowest BCUT2D eigenvalue weighted by atomic mass is 10.0. The number of nitrogens with zero attached hydrogens (tertiary/aromatic N) is 5. The number of hydrogen-bond acceptors (Lipinski definition) is 5. The van der Waals surface area contributed by atoms with Gasteiger partial charge in [-0.25, -0.2) is 22.8 Å². The summed E-state index contributed by atoms with van der Waals surface area (Å²) in [6, 6.07) is 8.86. The molecule has 1 atom stereocenters. The van der Waals surface area contributed by atoms with Crippen molar-refractivity contribution < 1.29 is 18.3 Å². The number of aliphatic hydroxyl groups is 1. The zero-order valence-corrected chi connectivity index (χ0v) is 18.8. The van der Waals surface area contributed by atoms with Gasteiger partial charge in [-0.15, -0.1) is 0 Å². The van der Waals surface area contributed by atoms with Crippen molar-refractivity contribution in [3.63, 3.8) is 0 Å². The van der Waals surface area contributed by atoms with E-state index in [9.17, 15) is 28.3 Å². The Kier molecular flexibility index (Phi) is 6.53. The van der Waals surface area contributed by atoms with Crippen molar-refractivity contribution in [2.75, 3.05) is 6.61 Å². The SMILES string of the molecule is Cc1cn(-c2ccc(Cc3cc(C#N)nn([C@@H](CO)c4cc(F)c(F)c(F)c4)c3=O)cc2C)cn1. The highest BCUT2D eigenvalue weighted by Crippen LogP contribution is 2.22. The van der Waals surface area contributed by atoms with E-state index in [-0.39, 0.29) is 23.2 Å². The van der Waals surface area contributed by atoms with Gasteiger partial charge in [0.05, 0.1) is 18.6 Å². The summed E-state index contributed by atoms with van der Waals surface area (Å²) in [4.78, 5) is 17.5. The number of halogens is 3. The lowest BCUT2D eigenvalue weighted by molar-refractivity contribution is 0.235. The fourth-order valence-electron chi connectivity index (χ4n) is 3.94. The normalized spacial score (nSPS) is 11.9. The summed E-state index contributed by atoms with van der Waals surface area (Å²) < 4.78 is 43.7. The number of imidazole rings is 1. The number of aromatic nitrogens is 4. The predicted octanol–water partition coefficient (Wildman–Crippen LogP) is 3.51. The highest BCUT2D eigenvalue weighted by atomic mass is 19.2. The summed E-state index contributed by atoms with van der Waals surface area (Å²) in [5, 5.41) is 23.3. The third kappa shape index (κ3) is 4.72. The van der Waals surface area contributed by atoms with Crippen LogP contribution in [-0.4, -0.2) is 31.0 Å². The van der Waals surface area contributed by atoms with Gasteiger partial charge < -0.3 is 9.67 Å². The molecular formula is C25H20F3N5O2. The van der Waals surface area contributed by atoms with E-state index in [1.165, 1.54) is 6.07 Å². The maximum atomic E-state index is 13.8. The van der Waals surface area contributed by atoms with Crippen molar-refractivity contribution in [3.05, 3.63) is 110 Å².